The number of ether oxygens (including phenoxy) is 1. The predicted molar refractivity (Wildman–Crippen MR) is 112 cm³/mol. The van der Waals surface area contributed by atoms with Crippen molar-refractivity contribution in [1.82, 2.24) is 0 Å². The summed E-state index contributed by atoms with van der Waals surface area (Å²) >= 11 is 6.51. The van der Waals surface area contributed by atoms with Gasteiger partial charge in [-0.3, -0.25) is 0 Å². The van der Waals surface area contributed by atoms with E-state index < -0.39 is 5.60 Å². The number of hydrogen-bond acceptors (Lipinski definition) is 1. The summed E-state index contributed by atoms with van der Waals surface area (Å²) in [5.41, 5.74) is 2.52. The van der Waals surface area contributed by atoms with Gasteiger partial charge in [-0.25, -0.2) is 0 Å². The van der Waals surface area contributed by atoms with Crippen LogP contribution >= 0.6 is 11.6 Å². The van der Waals surface area contributed by atoms with Crippen LogP contribution in [0.5, 0.6) is 5.75 Å². The zero-order chi connectivity index (χ0) is 18.3. The van der Waals surface area contributed by atoms with E-state index in [0.717, 1.165) is 38.2 Å². The Labute approximate surface area is 163 Å². The molecule has 0 saturated heterocycles. The van der Waals surface area contributed by atoms with Crippen molar-refractivity contribution in [2.45, 2.75) is 5.60 Å². The molecule has 2 heteroatoms. The minimum absolute atomic E-state index is 0.674. The van der Waals surface area contributed by atoms with Crippen molar-refractivity contribution in [3.05, 3.63) is 119 Å². The molecular weight excluding hydrogens is 352 g/mol. The van der Waals surface area contributed by atoms with E-state index in [-0.39, 0.29) is 0 Å². The normalized spacial score (nSPS) is 14.6. The quantitative estimate of drug-likeness (QED) is 0.376. The van der Waals surface area contributed by atoms with Crippen molar-refractivity contribution < 1.29 is 4.74 Å². The lowest BCUT2D eigenvalue weighted by molar-refractivity contribution is 0.163. The van der Waals surface area contributed by atoms with Crippen LogP contribution in [0, 0.1) is 0 Å². The van der Waals surface area contributed by atoms with Gasteiger partial charge < -0.3 is 4.74 Å². The first-order valence-corrected chi connectivity index (χ1v) is 9.36. The highest BCUT2D eigenvalue weighted by atomic mass is 35.5. The molecule has 5 rings (SSSR count). The molecule has 0 fully saturated rings. The summed E-state index contributed by atoms with van der Waals surface area (Å²) in [5, 5.41) is 2.77. The fourth-order valence-electron chi connectivity index (χ4n) is 3.81. The Morgan fingerprint density at radius 3 is 1.85 bits per heavy atom. The molecule has 0 spiro atoms. The molecule has 0 bridgehead atoms. The SMILES string of the molecule is Clc1cc2c(c3ccccc13)OC(c1ccccc1)(c1ccccc1)C=C2. The lowest BCUT2D eigenvalue weighted by Crippen LogP contribution is -2.34. The van der Waals surface area contributed by atoms with E-state index >= 15 is 0 Å². The molecule has 4 aromatic rings. The zero-order valence-electron chi connectivity index (χ0n) is 14.6. The third kappa shape index (κ3) is 2.55. The Hall–Kier alpha value is -3.03. The molecule has 1 aliphatic rings. The first-order valence-electron chi connectivity index (χ1n) is 8.98. The molecule has 0 atom stereocenters. The molecule has 0 N–H and O–H groups in total. The van der Waals surface area contributed by atoms with Gasteiger partial charge in [-0.2, -0.15) is 0 Å². The van der Waals surface area contributed by atoms with E-state index in [4.69, 9.17) is 16.3 Å². The molecule has 1 nitrogen and oxygen atoms in total. The van der Waals surface area contributed by atoms with Crippen LogP contribution in [0.4, 0.5) is 0 Å². The van der Waals surface area contributed by atoms with Crippen molar-refractivity contribution in [1.29, 1.82) is 0 Å². The molecule has 27 heavy (non-hydrogen) atoms. The Bertz CT molecular complexity index is 1110. The highest BCUT2D eigenvalue weighted by Crippen LogP contribution is 2.46. The van der Waals surface area contributed by atoms with Gasteiger partial charge in [0.25, 0.3) is 0 Å². The van der Waals surface area contributed by atoms with Gasteiger partial charge in [-0.1, -0.05) is 103 Å². The topological polar surface area (TPSA) is 9.23 Å². The van der Waals surface area contributed by atoms with Gasteiger partial charge in [-0.15, -0.1) is 0 Å². The molecule has 0 aliphatic carbocycles. The van der Waals surface area contributed by atoms with Crippen LogP contribution in [0.3, 0.4) is 0 Å². The highest BCUT2D eigenvalue weighted by Gasteiger charge is 2.37. The Kier molecular flexibility index (Phi) is 3.77. The highest BCUT2D eigenvalue weighted by molar-refractivity contribution is 6.36. The Morgan fingerprint density at radius 2 is 1.22 bits per heavy atom. The number of benzene rings is 4. The number of rotatable bonds is 2. The smallest absolute Gasteiger partial charge is 0.178 e. The van der Waals surface area contributed by atoms with Crippen molar-refractivity contribution in [3.63, 3.8) is 0 Å². The summed E-state index contributed by atoms with van der Waals surface area (Å²) in [7, 11) is 0. The summed E-state index contributed by atoms with van der Waals surface area (Å²) in [4.78, 5) is 0. The summed E-state index contributed by atoms with van der Waals surface area (Å²) in [6.07, 6.45) is 4.25. The van der Waals surface area contributed by atoms with Gasteiger partial charge in [0.1, 0.15) is 5.75 Å². The standard InChI is InChI=1S/C25H17ClO/c26-23-17-18-15-16-25(19-9-3-1-4-10-19,20-11-5-2-6-12-20)27-24(18)22-14-8-7-13-21(22)23/h1-17H. The van der Waals surface area contributed by atoms with Gasteiger partial charge in [0.15, 0.2) is 5.60 Å². The molecule has 1 aliphatic heterocycles. The van der Waals surface area contributed by atoms with Gasteiger partial charge in [-0.05, 0) is 12.1 Å². The molecule has 0 saturated carbocycles. The van der Waals surface area contributed by atoms with Crippen LogP contribution in [0.2, 0.25) is 5.02 Å². The van der Waals surface area contributed by atoms with E-state index in [0.29, 0.717) is 0 Å². The van der Waals surface area contributed by atoms with E-state index in [2.05, 4.69) is 42.5 Å². The summed E-state index contributed by atoms with van der Waals surface area (Å²) in [6, 6.07) is 30.8. The fraction of sp³-hybridized carbons (Fsp3) is 0.0400. The molecule has 0 aromatic heterocycles. The molecule has 0 radical (unpaired) electrons. The van der Waals surface area contributed by atoms with Crippen molar-refractivity contribution in [2.75, 3.05) is 0 Å². The Balaban J connectivity index is 1.79. The number of halogens is 1. The van der Waals surface area contributed by atoms with Crippen LogP contribution < -0.4 is 4.74 Å². The second kappa shape index (κ2) is 6.29. The molecule has 0 unspecified atom stereocenters. The fourth-order valence-corrected chi connectivity index (χ4v) is 4.10. The van der Waals surface area contributed by atoms with Crippen molar-refractivity contribution in [3.8, 4) is 5.75 Å². The van der Waals surface area contributed by atoms with Crippen LogP contribution in [-0.4, -0.2) is 0 Å². The van der Waals surface area contributed by atoms with E-state index in [1.54, 1.807) is 0 Å². The second-order valence-electron chi connectivity index (χ2n) is 6.73. The van der Waals surface area contributed by atoms with Gasteiger partial charge in [0.05, 0.1) is 0 Å². The minimum atomic E-state index is -0.674. The van der Waals surface area contributed by atoms with Crippen molar-refractivity contribution >= 4 is 28.4 Å². The number of fused-ring (bicyclic) bond motifs is 3. The maximum Gasteiger partial charge on any atom is 0.178 e. The third-order valence-corrected chi connectivity index (χ3v) is 5.45. The monoisotopic (exact) mass is 368 g/mol. The summed E-state index contributed by atoms with van der Waals surface area (Å²) in [5.74, 6) is 0.866. The van der Waals surface area contributed by atoms with Gasteiger partial charge >= 0.3 is 0 Å². The van der Waals surface area contributed by atoms with E-state index in [9.17, 15) is 0 Å². The number of hydrogen-bond donors (Lipinski definition) is 0. The molecule has 4 aromatic carbocycles. The van der Waals surface area contributed by atoms with Crippen LogP contribution in [0.1, 0.15) is 16.7 Å². The van der Waals surface area contributed by atoms with Crippen molar-refractivity contribution in [2.24, 2.45) is 0 Å². The van der Waals surface area contributed by atoms with Crippen LogP contribution in [-0.2, 0) is 5.60 Å². The Morgan fingerprint density at radius 1 is 0.667 bits per heavy atom. The molecule has 1 heterocycles. The predicted octanol–water partition coefficient (Wildman–Crippen LogP) is 6.84. The van der Waals surface area contributed by atoms with E-state index in [1.165, 1.54) is 0 Å². The van der Waals surface area contributed by atoms with Crippen LogP contribution in [0.25, 0.3) is 16.8 Å². The third-order valence-electron chi connectivity index (χ3n) is 5.14. The second-order valence-corrected chi connectivity index (χ2v) is 7.13. The maximum atomic E-state index is 6.81. The largest absolute Gasteiger partial charge is 0.472 e. The lowest BCUT2D eigenvalue weighted by atomic mass is 9.83. The average Bonchev–Trinajstić information content (AvgIpc) is 2.75. The zero-order valence-corrected chi connectivity index (χ0v) is 15.4. The maximum absolute atomic E-state index is 6.81. The molecular formula is C25H17ClO. The first kappa shape index (κ1) is 16.2. The average molecular weight is 369 g/mol. The summed E-state index contributed by atoms with van der Waals surface area (Å²) < 4.78 is 6.81. The molecule has 0 amide bonds. The van der Waals surface area contributed by atoms with Gasteiger partial charge in [0.2, 0.25) is 0 Å². The summed E-state index contributed by atoms with van der Waals surface area (Å²) in [6.45, 7) is 0. The molecule has 130 valence electrons. The van der Waals surface area contributed by atoms with Gasteiger partial charge in [0, 0.05) is 32.5 Å². The minimum Gasteiger partial charge on any atom is -0.472 e. The van der Waals surface area contributed by atoms with Crippen LogP contribution in [0.15, 0.2) is 97.1 Å². The van der Waals surface area contributed by atoms with E-state index in [1.807, 2.05) is 60.7 Å². The first-order chi connectivity index (χ1) is 13.3. The lowest BCUT2D eigenvalue weighted by Gasteiger charge is -2.36.